The van der Waals surface area contributed by atoms with Crippen LogP contribution in [0.2, 0.25) is 0 Å². The van der Waals surface area contributed by atoms with Gasteiger partial charge in [-0.2, -0.15) is 0 Å². The monoisotopic (exact) mass is 285 g/mol. The average Bonchev–Trinajstić information content (AvgIpc) is 2.92. The summed E-state index contributed by atoms with van der Waals surface area (Å²) in [6, 6.07) is 1.67. The predicted molar refractivity (Wildman–Crippen MR) is 65.2 cm³/mol. The molecule has 1 aliphatic carbocycles. The molecule has 0 aromatic carbocycles. The van der Waals surface area contributed by atoms with E-state index in [1.165, 1.54) is 19.1 Å². The quantitative estimate of drug-likeness (QED) is 0.923. The van der Waals surface area contributed by atoms with Gasteiger partial charge in [0.25, 0.3) is 5.91 Å². The molecule has 0 atom stereocenters. The van der Waals surface area contributed by atoms with Gasteiger partial charge in [0.2, 0.25) is 0 Å². The first-order chi connectivity index (χ1) is 7.55. The van der Waals surface area contributed by atoms with Crippen molar-refractivity contribution in [2.75, 3.05) is 6.54 Å². The number of hydrogen-bond acceptors (Lipinski definition) is 2. The molecule has 1 saturated carbocycles. The smallest absolute Gasteiger partial charge is 0.255 e. The highest BCUT2D eigenvalue weighted by Crippen LogP contribution is 2.51. The van der Waals surface area contributed by atoms with Crippen molar-refractivity contribution in [3.05, 3.63) is 22.6 Å². The number of carbonyl (C=O) groups excluding carboxylic acids is 1. The lowest BCUT2D eigenvalue weighted by atomic mass is 9.92. The normalized spacial score (nSPS) is 17.5. The fourth-order valence-electron chi connectivity index (χ4n) is 1.93. The topological polar surface area (TPSA) is 42.2 Å². The Morgan fingerprint density at radius 2 is 2.31 bits per heavy atom. The summed E-state index contributed by atoms with van der Waals surface area (Å²) >= 11 is 3.20. The molecular weight excluding hydrogens is 270 g/mol. The van der Waals surface area contributed by atoms with E-state index in [1.54, 1.807) is 6.07 Å². The Kier molecular flexibility index (Phi) is 3.10. The maximum absolute atomic E-state index is 11.8. The molecule has 88 valence electrons. The molecule has 1 heterocycles. The number of hydrogen-bond donors (Lipinski definition) is 1. The highest BCUT2D eigenvalue weighted by atomic mass is 79.9. The molecule has 0 radical (unpaired) electrons. The second-order valence-electron chi connectivity index (χ2n) is 4.81. The van der Waals surface area contributed by atoms with E-state index in [0.717, 1.165) is 6.54 Å². The van der Waals surface area contributed by atoms with Crippen molar-refractivity contribution < 1.29 is 9.21 Å². The van der Waals surface area contributed by atoms with E-state index in [-0.39, 0.29) is 5.91 Å². The molecule has 0 saturated heterocycles. The predicted octanol–water partition coefficient (Wildman–Crippen LogP) is 3.21. The van der Waals surface area contributed by atoms with E-state index in [9.17, 15) is 4.79 Å². The zero-order valence-electron chi connectivity index (χ0n) is 9.55. The fourth-order valence-corrected chi connectivity index (χ4v) is 2.35. The van der Waals surface area contributed by atoms with Crippen LogP contribution in [0.25, 0.3) is 0 Å². The molecule has 0 unspecified atom stereocenters. The van der Waals surface area contributed by atoms with Crippen molar-refractivity contribution in [3.8, 4) is 0 Å². The Morgan fingerprint density at radius 1 is 1.62 bits per heavy atom. The van der Waals surface area contributed by atoms with E-state index in [1.807, 2.05) is 0 Å². The Bertz CT molecular complexity index is 393. The van der Waals surface area contributed by atoms with E-state index in [2.05, 4.69) is 35.1 Å². The van der Waals surface area contributed by atoms with Crippen molar-refractivity contribution in [3.63, 3.8) is 0 Å². The van der Waals surface area contributed by atoms with Gasteiger partial charge in [-0.3, -0.25) is 4.79 Å². The van der Waals surface area contributed by atoms with Crippen LogP contribution in [-0.2, 0) is 0 Å². The molecule has 1 N–H and O–H groups in total. The van der Waals surface area contributed by atoms with Crippen LogP contribution in [0, 0.1) is 11.3 Å². The summed E-state index contributed by atoms with van der Waals surface area (Å²) < 4.78 is 5.54. The third-order valence-corrected chi connectivity index (χ3v) is 4.19. The molecule has 1 aromatic rings. The van der Waals surface area contributed by atoms with Gasteiger partial charge in [-0.15, -0.1) is 0 Å². The number of rotatable bonds is 4. The molecule has 1 amide bonds. The lowest BCUT2D eigenvalue weighted by Crippen LogP contribution is -2.32. The highest BCUT2D eigenvalue weighted by molar-refractivity contribution is 9.10. The van der Waals surface area contributed by atoms with Gasteiger partial charge < -0.3 is 9.73 Å². The summed E-state index contributed by atoms with van der Waals surface area (Å²) in [7, 11) is 0. The second kappa shape index (κ2) is 4.24. The van der Waals surface area contributed by atoms with Gasteiger partial charge in [0.1, 0.15) is 0 Å². The van der Waals surface area contributed by atoms with Gasteiger partial charge >= 0.3 is 0 Å². The third-order valence-electron chi connectivity index (χ3n) is 3.58. The SMILES string of the molecule is CC(C)C1(CNC(=O)c2ccoc2Br)CC1. The van der Waals surface area contributed by atoms with E-state index in [0.29, 0.717) is 21.6 Å². The maximum atomic E-state index is 11.8. The molecule has 0 aliphatic heterocycles. The number of nitrogens with one attached hydrogen (secondary N) is 1. The minimum absolute atomic E-state index is 0.0625. The van der Waals surface area contributed by atoms with Crippen LogP contribution in [-0.4, -0.2) is 12.5 Å². The van der Waals surface area contributed by atoms with Crippen LogP contribution in [0.5, 0.6) is 0 Å². The average molecular weight is 286 g/mol. The molecular formula is C12H16BrNO2. The molecule has 4 heteroatoms. The number of amides is 1. The molecule has 0 bridgehead atoms. The van der Waals surface area contributed by atoms with Crippen LogP contribution in [0.4, 0.5) is 0 Å². The largest absolute Gasteiger partial charge is 0.457 e. The van der Waals surface area contributed by atoms with Gasteiger partial charge in [0.05, 0.1) is 11.8 Å². The minimum atomic E-state index is -0.0625. The van der Waals surface area contributed by atoms with Gasteiger partial charge in [-0.25, -0.2) is 0 Å². The van der Waals surface area contributed by atoms with Crippen LogP contribution >= 0.6 is 15.9 Å². The molecule has 16 heavy (non-hydrogen) atoms. The number of carbonyl (C=O) groups is 1. The van der Waals surface area contributed by atoms with Crippen molar-refractivity contribution in [1.82, 2.24) is 5.32 Å². The van der Waals surface area contributed by atoms with Crippen LogP contribution in [0.1, 0.15) is 37.0 Å². The molecule has 1 aliphatic rings. The third kappa shape index (κ3) is 2.17. The Hall–Kier alpha value is -0.770. The van der Waals surface area contributed by atoms with Crippen LogP contribution in [0.15, 0.2) is 21.4 Å². The fraction of sp³-hybridized carbons (Fsp3) is 0.583. The maximum Gasteiger partial charge on any atom is 0.255 e. The summed E-state index contributed by atoms with van der Waals surface area (Å²) in [6.45, 7) is 5.20. The number of halogens is 1. The molecule has 1 aromatic heterocycles. The van der Waals surface area contributed by atoms with Crippen LogP contribution < -0.4 is 5.32 Å². The molecule has 2 rings (SSSR count). The van der Waals surface area contributed by atoms with Crippen molar-refractivity contribution in [1.29, 1.82) is 0 Å². The summed E-state index contributed by atoms with van der Waals surface area (Å²) in [6.07, 6.45) is 3.95. The highest BCUT2D eigenvalue weighted by Gasteiger charge is 2.45. The zero-order valence-corrected chi connectivity index (χ0v) is 11.1. The summed E-state index contributed by atoms with van der Waals surface area (Å²) in [5.74, 6) is 0.563. The first-order valence-corrected chi connectivity index (χ1v) is 6.36. The van der Waals surface area contributed by atoms with E-state index in [4.69, 9.17) is 4.42 Å². The van der Waals surface area contributed by atoms with Gasteiger partial charge in [-0.1, -0.05) is 13.8 Å². The van der Waals surface area contributed by atoms with Crippen molar-refractivity contribution in [2.24, 2.45) is 11.3 Å². The van der Waals surface area contributed by atoms with Crippen molar-refractivity contribution in [2.45, 2.75) is 26.7 Å². The molecule has 0 spiro atoms. The summed E-state index contributed by atoms with van der Waals surface area (Å²) in [4.78, 5) is 11.8. The van der Waals surface area contributed by atoms with Crippen molar-refractivity contribution >= 4 is 21.8 Å². The Labute approximate surface area is 104 Å². The molecule has 1 fully saturated rings. The Morgan fingerprint density at radius 3 is 2.75 bits per heavy atom. The Balaban J connectivity index is 1.92. The van der Waals surface area contributed by atoms with Crippen LogP contribution in [0.3, 0.4) is 0 Å². The number of furan rings is 1. The molecule has 3 nitrogen and oxygen atoms in total. The van der Waals surface area contributed by atoms with E-state index < -0.39 is 0 Å². The van der Waals surface area contributed by atoms with E-state index >= 15 is 0 Å². The first-order valence-electron chi connectivity index (χ1n) is 5.56. The standard InChI is InChI=1S/C12H16BrNO2/c1-8(2)12(4-5-12)7-14-11(15)9-3-6-16-10(9)13/h3,6,8H,4-5,7H2,1-2H3,(H,14,15). The van der Waals surface area contributed by atoms with Gasteiger partial charge in [0.15, 0.2) is 4.67 Å². The lowest BCUT2D eigenvalue weighted by molar-refractivity contribution is 0.0938. The lowest BCUT2D eigenvalue weighted by Gasteiger charge is -2.19. The van der Waals surface area contributed by atoms with Gasteiger partial charge in [-0.05, 0) is 46.2 Å². The van der Waals surface area contributed by atoms with Gasteiger partial charge in [0, 0.05) is 6.54 Å². The minimum Gasteiger partial charge on any atom is -0.457 e. The second-order valence-corrected chi connectivity index (χ2v) is 5.53. The summed E-state index contributed by atoms with van der Waals surface area (Å²) in [5.41, 5.74) is 0.908. The first kappa shape index (κ1) is 11.7. The zero-order chi connectivity index (χ0) is 11.8. The summed E-state index contributed by atoms with van der Waals surface area (Å²) in [5, 5.41) is 2.98.